The molecule has 2 amide bonds. The van der Waals surface area contributed by atoms with Gasteiger partial charge in [0.25, 0.3) is 5.91 Å². The van der Waals surface area contributed by atoms with Crippen molar-refractivity contribution in [1.82, 2.24) is 9.80 Å². The van der Waals surface area contributed by atoms with Crippen molar-refractivity contribution < 1.29 is 23.5 Å². The van der Waals surface area contributed by atoms with E-state index in [1.807, 2.05) is 29.6 Å². The molecule has 1 aliphatic rings. The SMILES string of the molecule is COCCCN(CC(=O)N1CCc2sccc2[C@@H]1COc1cccc(F)c1)C(=O)c1ccccc1. The van der Waals surface area contributed by atoms with Gasteiger partial charge in [0, 0.05) is 43.3 Å². The number of carbonyl (C=O) groups excluding carboxylic acids is 2. The average molecular weight is 497 g/mol. The molecule has 0 N–H and O–H groups in total. The van der Waals surface area contributed by atoms with Crippen LogP contribution in [0.15, 0.2) is 66.0 Å². The number of halogens is 1. The molecule has 1 aromatic heterocycles. The molecule has 6 nitrogen and oxygen atoms in total. The van der Waals surface area contributed by atoms with Gasteiger partial charge < -0.3 is 19.3 Å². The lowest BCUT2D eigenvalue weighted by Crippen LogP contribution is -2.48. The first-order valence-corrected chi connectivity index (χ1v) is 12.5. The summed E-state index contributed by atoms with van der Waals surface area (Å²) in [6, 6.07) is 16.7. The number of hydrogen-bond donors (Lipinski definition) is 0. The fourth-order valence-electron chi connectivity index (χ4n) is 4.28. The highest BCUT2D eigenvalue weighted by molar-refractivity contribution is 7.10. The quantitative estimate of drug-likeness (QED) is 0.386. The van der Waals surface area contributed by atoms with E-state index in [-0.39, 0.29) is 36.8 Å². The molecule has 3 aromatic rings. The Bertz CT molecular complexity index is 1140. The van der Waals surface area contributed by atoms with Crippen LogP contribution in [0.2, 0.25) is 0 Å². The summed E-state index contributed by atoms with van der Waals surface area (Å²) in [6.07, 6.45) is 1.38. The number of hydrogen-bond acceptors (Lipinski definition) is 5. The molecule has 184 valence electrons. The van der Waals surface area contributed by atoms with Crippen LogP contribution in [-0.2, 0) is 16.0 Å². The zero-order valence-electron chi connectivity index (χ0n) is 19.7. The zero-order valence-corrected chi connectivity index (χ0v) is 20.5. The number of carbonyl (C=O) groups is 2. The fourth-order valence-corrected chi connectivity index (χ4v) is 5.20. The molecule has 0 fully saturated rings. The second-order valence-corrected chi connectivity index (χ2v) is 9.36. The van der Waals surface area contributed by atoms with Gasteiger partial charge in [0.05, 0.1) is 6.04 Å². The fraction of sp³-hybridized carbons (Fsp3) is 0.333. The second-order valence-electron chi connectivity index (χ2n) is 8.36. The molecule has 35 heavy (non-hydrogen) atoms. The first-order chi connectivity index (χ1) is 17.1. The zero-order chi connectivity index (χ0) is 24.6. The van der Waals surface area contributed by atoms with Crippen LogP contribution in [0.3, 0.4) is 0 Å². The van der Waals surface area contributed by atoms with Gasteiger partial charge in [-0.25, -0.2) is 4.39 Å². The molecule has 2 heterocycles. The summed E-state index contributed by atoms with van der Waals surface area (Å²) in [4.78, 5) is 31.4. The van der Waals surface area contributed by atoms with E-state index in [9.17, 15) is 14.0 Å². The van der Waals surface area contributed by atoms with Gasteiger partial charge in [0.2, 0.25) is 5.91 Å². The van der Waals surface area contributed by atoms with Crippen LogP contribution in [0.5, 0.6) is 5.75 Å². The molecule has 1 atom stereocenters. The predicted molar refractivity (Wildman–Crippen MR) is 133 cm³/mol. The summed E-state index contributed by atoms with van der Waals surface area (Å²) >= 11 is 1.66. The lowest BCUT2D eigenvalue weighted by atomic mass is 10.0. The lowest BCUT2D eigenvalue weighted by molar-refractivity contribution is -0.135. The summed E-state index contributed by atoms with van der Waals surface area (Å²) in [5.41, 5.74) is 1.59. The number of benzene rings is 2. The molecule has 0 spiro atoms. The Morgan fingerprint density at radius 3 is 2.74 bits per heavy atom. The van der Waals surface area contributed by atoms with Gasteiger partial charge in [-0.3, -0.25) is 9.59 Å². The summed E-state index contributed by atoms with van der Waals surface area (Å²) in [5, 5.41) is 2.02. The molecular weight excluding hydrogens is 467 g/mol. The van der Waals surface area contributed by atoms with E-state index in [0.29, 0.717) is 37.4 Å². The van der Waals surface area contributed by atoms with Crippen molar-refractivity contribution in [2.45, 2.75) is 18.9 Å². The van der Waals surface area contributed by atoms with Gasteiger partial charge in [-0.05, 0) is 54.1 Å². The molecule has 1 aliphatic heterocycles. The van der Waals surface area contributed by atoms with Gasteiger partial charge in [-0.1, -0.05) is 24.3 Å². The number of amides is 2. The number of thiophene rings is 1. The van der Waals surface area contributed by atoms with E-state index in [1.54, 1.807) is 52.5 Å². The maximum atomic E-state index is 13.6. The van der Waals surface area contributed by atoms with Crippen LogP contribution in [0.4, 0.5) is 4.39 Å². The number of fused-ring (bicyclic) bond motifs is 1. The Morgan fingerprint density at radius 1 is 1.14 bits per heavy atom. The smallest absolute Gasteiger partial charge is 0.254 e. The highest BCUT2D eigenvalue weighted by atomic mass is 32.1. The standard InChI is InChI=1S/C27H29FN2O4S/c1-33-15-6-13-29(27(32)20-7-3-2-4-8-20)18-26(31)30-14-11-25-23(12-16-35-25)24(30)19-34-22-10-5-9-21(28)17-22/h2-5,7-10,12,16-17,24H,6,11,13-15,18-19H2,1H3/t24-/m0/s1. The van der Waals surface area contributed by atoms with Crippen molar-refractivity contribution in [1.29, 1.82) is 0 Å². The molecule has 0 saturated carbocycles. The predicted octanol–water partition coefficient (Wildman–Crippen LogP) is 4.57. The molecule has 2 aromatic carbocycles. The molecule has 0 bridgehead atoms. The lowest BCUT2D eigenvalue weighted by Gasteiger charge is -2.37. The van der Waals surface area contributed by atoms with Crippen LogP contribution in [0.1, 0.15) is 33.3 Å². The highest BCUT2D eigenvalue weighted by Gasteiger charge is 2.33. The van der Waals surface area contributed by atoms with Crippen LogP contribution in [0.25, 0.3) is 0 Å². The van der Waals surface area contributed by atoms with Crippen molar-refractivity contribution in [2.24, 2.45) is 0 Å². The molecule has 0 unspecified atom stereocenters. The van der Waals surface area contributed by atoms with Crippen molar-refractivity contribution in [2.75, 3.05) is 40.0 Å². The average Bonchev–Trinajstić information content (AvgIpc) is 3.36. The van der Waals surface area contributed by atoms with Gasteiger partial charge >= 0.3 is 0 Å². The van der Waals surface area contributed by atoms with Crippen molar-refractivity contribution in [3.05, 3.63) is 87.9 Å². The number of methoxy groups -OCH3 is 1. The van der Waals surface area contributed by atoms with Gasteiger partial charge in [-0.15, -0.1) is 11.3 Å². The second kappa shape index (κ2) is 12.0. The van der Waals surface area contributed by atoms with Gasteiger partial charge in [0.15, 0.2) is 0 Å². The molecule has 0 saturated heterocycles. The molecule has 4 rings (SSSR count). The summed E-state index contributed by atoms with van der Waals surface area (Å²) in [5.74, 6) is -0.283. The topological polar surface area (TPSA) is 59.1 Å². The Morgan fingerprint density at radius 2 is 1.97 bits per heavy atom. The van der Waals surface area contributed by atoms with E-state index in [4.69, 9.17) is 9.47 Å². The molecular formula is C27H29FN2O4S. The van der Waals surface area contributed by atoms with E-state index >= 15 is 0 Å². The summed E-state index contributed by atoms with van der Waals surface area (Å²) in [7, 11) is 1.61. The molecule has 0 aliphatic carbocycles. The van der Waals surface area contributed by atoms with Crippen LogP contribution < -0.4 is 4.74 Å². The van der Waals surface area contributed by atoms with Crippen LogP contribution in [0, 0.1) is 5.82 Å². The van der Waals surface area contributed by atoms with Crippen molar-refractivity contribution >= 4 is 23.2 Å². The normalized spacial score (nSPS) is 14.9. The highest BCUT2D eigenvalue weighted by Crippen LogP contribution is 2.34. The number of nitrogens with zero attached hydrogens (tertiary/aromatic N) is 2. The Hall–Kier alpha value is -3.23. The van der Waals surface area contributed by atoms with Crippen molar-refractivity contribution in [3.8, 4) is 5.75 Å². The summed E-state index contributed by atoms with van der Waals surface area (Å²) in [6.45, 7) is 1.62. The Labute approximate surface area is 208 Å². The maximum Gasteiger partial charge on any atom is 0.254 e. The van der Waals surface area contributed by atoms with Crippen LogP contribution >= 0.6 is 11.3 Å². The third-order valence-electron chi connectivity index (χ3n) is 6.03. The third kappa shape index (κ3) is 6.26. The van der Waals surface area contributed by atoms with E-state index < -0.39 is 0 Å². The van der Waals surface area contributed by atoms with Gasteiger partial charge in [0.1, 0.15) is 24.7 Å². The van der Waals surface area contributed by atoms with Crippen LogP contribution in [-0.4, -0.2) is 61.6 Å². The largest absolute Gasteiger partial charge is 0.491 e. The van der Waals surface area contributed by atoms with Gasteiger partial charge in [-0.2, -0.15) is 0 Å². The molecule has 0 radical (unpaired) electrons. The Balaban J connectivity index is 1.51. The minimum atomic E-state index is -0.374. The first-order valence-electron chi connectivity index (χ1n) is 11.6. The monoisotopic (exact) mass is 496 g/mol. The minimum Gasteiger partial charge on any atom is -0.491 e. The van der Waals surface area contributed by atoms with Crippen molar-refractivity contribution in [3.63, 3.8) is 0 Å². The summed E-state index contributed by atoms with van der Waals surface area (Å²) < 4.78 is 24.7. The van der Waals surface area contributed by atoms with E-state index in [1.165, 1.54) is 17.0 Å². The number of ether oxygens (including phenoxy) is 2. The Kier molecular flexibility index (Phi) is 8.50. The van der Waals surface area contributed by atoms with E-state index in [0.717, 1.165) is 12.0 Å². The third-order valence-corrected chi connectivity index (χ3v) is 7.03. The first kappa shape index (κ1) is 24.9. The molecule has 8 heteroatoms. The van der Waals surface area contributed by atoms with E-state index in [2.05, 4.69) is 0 Å². The maximum absolute atomic E-state index is 13.6. The number of rotatable bonds is 10. The minimum absolute atomic E-state index is 0.0343.